The molecule has 0 heterocycles. The lowest BCUT2D eigenvalue weighted by Gasteiger charge is -2.41. The quantitative estimate of drug-likeness (QED) is 0.625. The molecule has 1 saturated carbocycles. The number of methoxy groups -OCH3 is 2. The van der Waals surface area contributed by atoms with Crippen LogP contribution >= 0.6 is 0 Å². The van der Waals surface area contributed by atoms with E-state index in [1.807, 2.05) is 0 Å². The van der Waals surface area contributed by atoms with Gasteiger partial charge in [-0.2, -0.15) is 0 Å². The average Bonchev–Trinajstić information content (AvgIpc) is 2.10. The van der Waals surface area contributed by atoms with E-state index in [2.05, 4.69) is 6.92 Å². The first-order chi connectivity index (χ1) is 6.11. The summed E-state index contributed by atoms with van der Waals surface area (Å²) >= 11 is 0. The molecule has 0 bridgehead atoms. The van der Waals surface area contributed by atoms with Crippen molar-refractivity contribution in [3.63, 3.8) is 0 Å². The van der Waals surface area contributed by atoms with E-state index in [-0.39, 0.29) is 24.3 Å². The van der Waals surface area contributed by atoms with Gasteiger partial charge in [0, 0.05) is 32.2 Å². The molecule has 4 nitrogen and oxygen atoms in total. The molecule has 0 spiro atoms. The Morgan fingerprint density at radius 1 is 1.00 bits per heavy atom. The Kier molecular flexibility index (Phi) is 3.67. The molecule has 0 radical (unpaired) electrons. The normalized spacial score (nSPS) is 46.4. The van der Waals surface area contributed by atoms with Gasteiger partial charge in [0.25, 0.3) is 0 Å². The van der Waals surface area contributed by atoms with Gasteiger partial charge in [-0.15, -0.1) is 0 Å². The zero-order valence-corrected chi connectivity index (χ0v) is 8.57. The van der Waals surface area contributed by atoms with Crippen molar-refractivity contribution in [1.82, 2.24) is 0 Å². The van der Waals surface area contributed by atoms with E-state index >= 15 is 0 Å². The van der Waals surface area contributed by atoms with Crippen molar-refractivity contribution in [3.8, 4) is 0 Å². The number of nitrogens with two attached hydrogens (primary N) is 2. The van der Waals surface area contributed by atoms with Gasteiger partial charge in [-0.25, -0.2) is 0 Å². The van der Waals surface area contributed by atoms with E-state index < -0.39 is 0 Å². The molecule has 0 amide bonds. The maximum atomic E-state index is 5.94. The molecule has 0 aliphatic heterocycles. The molecule has 0 unspecified atom stereocenters. The van der Waals surface area contributed by atoms with Gasteiger partial charge < -0.3 is 20.9 Å². The predicted octanol–water partition coefficient (Wildman–Crippen LogP) is -0.289. The fourth-order valence-electron chi connectivity index (χ4n) is 2.11. The first kappa shape index (κ1) is 10.9. The van der Waals surface area contributed by atoms with Gasteiger partial charge in [-0.1, -0.05) is 6.92 Å². The molecule has 4 heteroatoms. The molecular weight excluding hydrogens is 168 g/mol. The lowest BCUT2D eigenvalue weighted by molar-refractivity contribution is -0.0967. The van der Waals surface area contributed by atoms with Crippen LogP contribution in [0.2, 0.25) is 0 Å². The molecule has 1 fully saturated rings. The van der Waals surface area contributed by atoms with Crippen molar-refractivity contribution in [2.45, 2.75) is 37.6 Å². The van der Waals surface area contributed by atoms with Gasteiger partial charge >= 0.3 is 0 Å². The third-order valence-electron chi connectivity index (χ3n) is 3.03. The summed E-state index contributed by atoms with van der Waals surface area (Å²) in [7, 11) is 3.35. The van der Waals surface area contributed by atoms with Crippen molar-refractivity contribution in [2.24, 2.45) is 17.4 Å². The van der Waals surface area contributed by atoms with E-state index in [1.54, 1.807) is 14.2 Å². The van der Waals surface area contributed by atoms with E-state index in [4.69, 9.17) is 20.9 Å². The summed E-state index contributed by atoms with van der Waals surface area (Å²) in [6, 6.07) is 0.104. The zero-order chi connectivity index (χ0) is 10.0. The monoisotopic (exact) mass is 188 g/mol. The largest absolute Gasteiger partial charge is 0.378 e. The first-order valence-electron chi connectivity index (χ1n) is 4.68. The van der Waals surface area contributed by atoms with Gasteiger partial charge in [-0.05, 0) is 6.42 Å². The minimum atomic E-state index is -0.0280. The molecule has 0 aromatic carbocycles. The third kappa shape index (κ3) is 2.02. The second kappa shape index (κ2) is 4.37. The molecule has 1 rings (SSSR count). The smallest absolute Gasteiger partial charge is 0.0986 e. The maximum Gasteiger partial charge on any atom is 0.0986 e. The van der Waals surface area contributed by atoms with Crippen molar-refractivity contribution in [3.05, 3.63) is 0 Å². The zero-order valence-electron chi connectivity index (χ0n) is 8.57. The highest BCUT2D eigenvalue weighted by Crippen LogP contribution is 2.26. The first-order valence-corrected chi connectivity index (χ1v) is 4.68. The second-order valence-electron chi connectivity index (χ2n) is 3.82. The Labute approximate surface area is 79.6 Å². The fourth-order valence-corrected chi connectivity index (χ4v) is 2.11. The Morgan fingerprint density at radius 3 is 2.00 bits per heavy atom. The van der Waals surface area contributed by atoms with Crippen LogP contribution in [-0.2, 0) is 9.47 Å². The number of hydrogen-bond donors (Lipinski definition) is 2. The fraction of sp³-hybridized carbons (Fsp3) is 1.00. The van der Waals surface area contributed by atoms with Crippen LogP contribution in [0.5, 0.6) is 0 Å². The number of ether oxygens (including phenoxy) is 2. The van der Waals surface area contributed by atoms with Gasteiger partial charge in [-0.3, -0.25) is 0 Å². The molecule has 0 aromatic heterocycles. The summed E-state index contributed by atoms with van der Waals surface area (Å²) in [5.41, 5.74) is 11.9. The van der Waals surface area contributed by atoms with Crippen LogP contribution in [0.4, 0.5) is 0 Å². The molecule has 5 atom stereocenters. The minimum absolute atomic E-state index is 0.0128. The third-order valence-corrected chi connectivity index (χ3v) is 3.03. The SMILES string of the molecule is CO[C@H]1[C@H](C)[C@@H](N)C[C@@H](N)[C@H]1OC. The highest BCUT2D eigenvalue weighted by molar-refractivity contribution is 4.96. The highest BCUT2D eigenvalue weighted by atomic mass is 16.5. The summed E-state index contributed by atoms with van der Waals surface area (Å²) in [6.45, 7) is 2.08. The molecule has 1 aliphatic rings. The Morgan fingerprint density at radius 2 is 1.54 bits per heavy atom. The van der Waals surface area contributed by atoms with Gasteiger partial charge in [0.1, 0.15) is 0 Å². The standard InChI is InChI=1S/C9H20N2O2/c1-5-6(10)4-7(11)9(13-3)8(5)12-2/h5-9H,4,10-11H2,1-3H3/t5-,6+,7-,8+,9-/m1/s1. The van der Waals surface area contributed by atoms with E-state index in [0.717, 1.165) is 6.42 Å². The molecule has 1 aliphatic carbocycles. The van der Waals surface area contributed by atoms with E-state index in [0.29, 0.717) is 5.92 Å². The molecular formula is C9H20N2O2. The maximum absolute atomic E-state index is 5.94. The number of hydrogen-bond acceptors (Lipinski definition) is 4. The Hall–Kier alpha value is -0.160. The van der Waals surface area contributed by atoms with Crippen molar-refractivity contribution >= 4 is 0 Å². The Balaban J connectivity index is 2.71. The lowest BCUT2D eigenvalue weighted by Crippen LogP contribution is -2.58. The van der Waals surface area contributed by atoms with Crippen LogP contribution < -0.4 is 11.5 Å². The summed E-state index contributed by atoms with van der Waals surface area (Å²) in [5.74, 6) is 0.301. The van der Waals surface area contributed by atoms with Crippen molar-refractivity contribution < 1.29 is 9.47 Å². The van der Waals surface area contributed by atoms with E-state index in [9.17, 15) is 0 Å². The molecule has 13 heavy (non-hydrogen) atoms. The van der Waals surface area contributed by atoms with Gasteiger partial charge in [0.05, 0.1) is 12.2 Å². The topological polar surface area (TPSA) is 70.5 Å². The summed E-state index contributed by atoms with van der Waals surface area (Å²) in [6.07, 6.45) is 0.794. The second-order valence-corrected chi connectivity index (χ2v) is 3.82. The molecule has 0 saturated heterocycles. The van der Waals surface area contributed by atoms with Crippen LogP contribution in [0.25, 0.3) is 0 Å². The Bertz CT molecular complexity index is 166. The van der Waals surface area contributed by atoms with Crippen LogP contribution in [0.1, 0.15) is 13.3 Å². The minimum Gasteiger partial charge on any atom is -0.378 e. The van der Waals surface area contributed by atoms with Crippen molar-refractivity contribution in [2.75, 3.05) is 14.2 Å². The van der Waals surface area contributed by atoms with Gasteiger partial charge in [0.15, 0.2) is 0 Å². The van der Waals surface area contributed by atoms with E-state index in [1.165, 1.54) is 0 Å². The lowest BCUT2D eigenvalue weighted by atomic mass is 9.79. The van der Waals surface area contributed by atoms with Crippen LogP contribution in [0.15, 0.2) is 0 Å². The van der Waals surface area contributed by atoms with Crippen LogP contribution in [-0.4, -0.2) is 38.5 Å². The van der Waals surface area contributed by atoms with Crippen molar-refractivity contribution in [1.29, 1.82) is 0 Å². The summed E-state index contributed by atoms with van der Waals surface area (Å²) < 4.78 is 10.7. The van der Waals surface area contributed by atoms with Crippen LogP contribution in [0.3, 0.4) is 0 Å². The summed E-state index contributed by atoms with van der Waals surface area (Å²) in [4.78, 5) is 0. The highest BCUT2D eigenvalue weighted by Gasteiger charge is 2.40. The number of rotatable bonds is 2. The molecule has 4 N–H and O–H groups in total. The average molecular weight is 188 g/mol. The van der Waals surface area contributed by atoms with Crippen LogP contribution in [0, 0.1) is 5.92 Å². The molecule has 78 valence electrons. The summed E-state index contributed by atoms with van der Waals surface area (Å²) in [5, 5.41) is 0. The predicted molar refractivity (Wildman–Crippen MR) is 51.3 cm³/mol. The molecule has 0 aromatic rings. The van der Waals surface area contributed by atoms with Gasteiger partial charge in [0.2, 0.25) is 0 Å².